The summed E-state index contributed by atoms with van der Waals surface area (Å²) in [4.78, 5) is 17.7. The van der Waals surface area contributed by atoms with Gasteiger partial charge in [0, 0.05) is 7.05 Å². The number of halogens is 1. The second kappa shape index (κ2) is 2.35. The smallest absolute Gasteiger partial charge is 0.268 e. The first kappa shape index (κ1) is 7.36. The number of nitrogens with one attached hydrogen (secondary N) is 1. The van der Waals surface area contributed by atoms with E-state index in [1.165, 1.54) is 0 Å². The number of aromatic amines is 1. The van der Waals surface area contributed by atoms with Gasteiger partial charge in [-0.2, -0.15) is 0 Å². The van der Waals surface area contributed by atoms with Crippen molar-refractivity contribution >= 4 is 22.8 Å². The third-order valence-corrected chi connectivity index (χ3v) is 1.96. The zero-order valence-corrected chi connectivity index (χ0v) is 7.09. The van der Waals surface area contributed by atoms with Gasteiger partial charge >= 0.3 is 0 Å². The van der Waals surface area contributed by atoms with Crippen LogP contribution in [0.25, 0.3) is 11.2 Å². The number of aromatic nitrogens is 3. The van der Waals surface area contributed by atoms with Gasteiger partial charge in [0.05, 0.1) is 6.33 Å². The summed E-state index contributed by atoms with van der Waals surface area (Å²) in [6, 6.07) is 1.55. The summed E-state index contributed by atoms with van der Waals surface area (Å²) < 4.78 is 1.73. The molecule has 0 spiro atoms. The summed E-state index contributed by atoms with van der Waals surface area (Å²) in [5.74, 6) is 0. The molecule has 0 aliphatic carbocycles. The van der Waals surface area contributed by atoms with E-state index in [1.807, 2.05) is 0 Å². The lowest BCUT2D eigenvalue weighted by molar-refractivity contribution is 0.927. The van der Waals surface area contributed by atoms with Gasteiger partial charge in [-0.25, -0.2) is 4.98 Å². The van der Waals surface area contributed by atoms with Crippen LogP contribution in [0.2, 0.25) is 5.02 Å². The molecule has 1 N–H and O–H groups in total. The summed E-state index contributed by atoms with van der Waals surface area (Å²) in [7, 11) is 1.80. The Morgan fingerprint density at radius 1 is 1.67 bits per heavy atom. The number of fused-ring (bicyclic) bond motifs is 1. The Morgan fingerprint density at radius 3 is 3.17 bits per heavy atom. The predicted octanol–water partition coefficient (Wildman–Crippen LogP) is 0.915. The van der Waals surface area contributed by atoms with Gasteiger partial charge in [0.1, 0.15) is 16.2 Å². The summed E-state index contributed by atoms with van der Waals surface area (Å²) >= 11 is 5.60. The quantitative estimate of drug-likeness (QED) is 0.660. The molecule has 12 heavy (non-hydrogen) atoms. The van der Waals surface area contributed by atoms with Crippen molar-refractivity contribution in [1.82, 2.24) is 14.5 Å². The highest BCUT2D eigenvalue weighted by Crippen LogP contribution is 2.10. The zero-order valence-electron chi connectivity index (χ0n) is 6.34. The van der Waals surface area contributed by atoms with Crippen LogP contribution in [-0.2, 0) is 7.05 Å². The van der Waals surface area contributed by atoms with Crippen molar-refractivity contribution in [3.8, 4) is 0 Å². The molecule has 0 saturated carbocycles. The van der Waals surface area contributed by atoms with E-state index in [1.54, 1.807) is 24.0 Å². The molecule has 0 bridgehead atoms. The fourth-order valence-corrected chi connectivity index (χ4v) is 1.21. The van der Waals surface area contributed by atoms with Gasteiger partial charge in [0.2, 0.25) is 0 Å². The normalized spacial score (nSPS) is 10.8. The minimum Gasteiger partial charge on any atom is -0.320 e. The molecule has 0 atom stereocenters. The van der Waals surface area contributed by atoms with Crippen LogP contribution in [0.15, 0.2) is 17.2 Å². The van der Waals surface area contributed by atoms with E-state index in [9.17, 15) is 4.79 Å². The summed E-state index contributed by atoms with van der Waals surface area (Å²) in [5, 5.41) is 0.168. The van der Waals surface area contributed by atoms with Crippen LogP contribution in [0.5, 0.6) is 0 Å². The number of H-pyrrole nitrogens is 1. The fourth-order valence-electron chi connectivity index (χ4n) is 1.06. The molecule has 5 heteroatoms. The largest absolute Gasteiger partial charge is 0.320 e. The van der Waals surface area contributed by atoms with Gasteiger partial charge in [-0.1, -0.05) is 11.6 Å². The van der Waals surface area contributed by atoms with Crippen molar-refractivity contribution in [2.75, 3.05) is 0 Å². The Hall–Kier alpha value is -1.29. The lowest BCUT2D eigenvalue weighted by Crippen LogP contribution is -2.06. The average Bonchev–Trinajstić information content (AvgIpc) is 2.35. The molecular weight excluding hydrogens is 178 g/mol. The van der Waals surface area contributed by atoms with Crippen LogP contribution in [0.1, 0.15) is 0 Å². The first-order chi connectivity index (χ1) is 5.68. The van der Waals surface area contributed by atoms with E-state index < -0.39 is 0 Å². The molecule has 2 aromatic rings. The maximum atomic E-state index is 11.1. The molecule has 4 nitrogen and oxygen atoms in total. The van der Waals surface area contributed by atoms with Crippen LogP contribution < -0.4 is 5.56 Å². The molecule has 62 valence electrons. The Kier molecular flexibility index (Phi) is 1.44. The molecule has 0 aliphatic heterocycles. The van der Waals surface area contributed by atoms with Crippen molar-refractivity contribution in [2.45, 2.75) is 0 Å². The SMILES string of the molecule is Cn1cnc2cc(Cl)c(=O)[nH]c21. The number of hydrogen-bond donors (Lipinski definition) is 1. The van der Waals surface area contributed by atoms with Gasteiger partial charge in [0.25, 0.3) is 5.56 Å². The van der Waals surface area contributed by atoms with E-state index in [4.69, 9.17) is 11.6 Å². The third-order valence-electron chi connectivity index (χ3n) is 1.68. The van der Waals surface area contributed by atoms with Gasteiger partial charge in [-0.3, -0.25) is 4.79 Å². The second-order valence-electron chi connectivity index (χ2n) is 2.54. The lowest BCUT2D eigenvalue weighted by Gasteiger charge is -1.93. The second-order valence-corrected chi connectivity index (χ2v) is 2.94. The molecule has 0 fully saturated rings. The van der Waals surface area contributed by atoms with Crippen LogP contribution in [0, 0.1) is 0 Å². The monoisotopic (exact) mass is 183 g/mol. The van der Waals surface area contributed by atoms with Crippen molar-refractivity contribution in [3.05, 3.63) is 27.8 Å². The first-order valence-corrected chi connectivity index (χ1v) is 3.76. The summed E-state index contributed by atoms with van der Waals surface area (Å²) in [6.07, 6.45) is 1.62. The van der Waals surface area contributed by atoms with Gasteiger partial charge in [-0.05, 0) is 6.07 Å². The molecule has 0 unspecified atom stereocenters. The van der Waals surface area contributed by atoms with Crippen molar-refractivity contribution < 1.29 is 0 Å². The Bertz CT molecular complexity index is 485. The molecular formula is C7H6ClN3O. The standard InChI is InChI=1S/C7H6ClN3O/c1-11-3-9-5-2-4(8)7(12)10-6(5)11/h2-3H,1H3,(H,10,12). The number of pyridine rings is 1. The van der Waals surface area contributed by atoms with Crippen molar-refractivity contribution in [2.24, 2.45) is 7.05 Å². The van der Waals surface area contributed by atoms with Crippen LogP contribution in [0.3, 0.4) is 0 Å². The van der Waals surface area contributed by atoms with Crippen LogP contribution >= 0.6 is 11.6 Å². The minimum atomic E-state index is -0.284. The van der Waals surface area contributed by atoms with E-state index in [0.717, 1.165) is 0 Å². The summed E-state index contributed by atoms with van der Waals surface area (Å²) in [5.41, 5.74) is 1.10. The lowest BCUT2D eigenvalue weighted by atomic mass is 10.4. The Balaban J connectivity index is 2.97. The van der Waals surface area contributed by atoms with Gasteiger partial charge in [0.15, 0.2) is 0 Å². The average molecular weight is 184 g/mol. The highest BCUT2D eigenvalue weighted by Gasteiger charge is 2.03. The molecule has 0 aromatic carbocycles. The van der Waals surface area contributed by atoms with E-state index in [2.05, 4.69) is 9.97 Å². The molecule has 2 heterocycles. The number of imidazole rings is 1. The Morgan fingerprint density at radius 2 is 2.42 bits per heavy atom. The Labute approximate surface area is 72.8 Å². The topological polar surface area (TPSA) is 50.7 Å². The first-order valence-electron chi connectivity index (χ1n) is 3.38. The molecule has 0 radical (unpaired) electrons. The van der Waals surface area contributed by atoms with E-state index in [0.29, 0.717) is 11.2 Å². The molecule has 2 rings (SSSR count). The zero-order chi connectivity index (χ0) is 8.72. The summed E-state index contributed by atoms with van der Waals surface area (Å²) in [6.45, 7) is 0. The maximum absolute atomic E-state index is 11.1. The fraction of sp³-hybridized carbons (Fsp3) is 0.143. The van der Waals surface area contributed by atoms with Crippen LogP contribution in [-0.4, -0.2) is 14.5 Å². The van der Waals surface area contributed by atoms with Crippen molar-refractivity contribution in [3.63, 3.8) is 0 Å². The number of rotatable bonds is 0. The number of nitrogens with zero attached hydrogens (tertiary/aromatic N) is 2. The van der Waals surface area contributed by atoms with E-state index in [-0.39, 0.29) is 10.6 Å². The van der Waals surface area contributed by atoms with Gasteiger partial charge < -0.3 is 9.55 Å². The number of aryl methyl sites for hydroxylation is 1. The maximum Gasteiger partial charge on any atom is 0.268 e. The van der Waals surface area contributed by atoms with Crippen LogP contribution in [0.4, 0.5) is 0 Å². The van der Waals surface area contributed by atoms with Gasteiger partial charge in [-0.15, -0.1) is 0 Å². The minimum absolute atomic E-state index is 0.168. The van der Waals surface area contributed by atoms with E-state index >= 15 is 0 Å². The molecule has 0 aliphatic rings. The highest BCUT2D eigenvalue weighted by molar-refractivity contribution is 6.30. The predicted molar refractivity (Wildman–Crippen MR) is 46.3 cm³/mol. The highest BCUT2D eigenvalue weighted by atomic mass is 35.5. The van der Waals surface area contributed by atoms with Crippen molar-refractivity contribution in [1.29, 1.82) is 0 Å². The molecule has 0 saturated heterocycles. The molecule has 0 amide bonds. The molecule has 2 aromatic heterocycles. The number of hydrogen-bond acceptors (Lipinski definition) is 2. The third kappa shape index (κ3) is 0.921.